The Balaban J connectivity index is 1.55. The van der Waals surface area contributed by atoms with Crippen molar-refractivity contribution in [2.75, 3.05) is 19.6 Å². The molecule has 1 aliphatic heterocycles. The fourth-order valence-electron chi connectivity index (χ4n) is 4.33. The van der Waals surface area contributed by atoms with Crippen LogP contribution >= 0.6 is 0 Å². The van der Waals surface area contributed by atoms with E-state index in [2.05, 4.69) is 74.2 Å². The van der Waals surface area contributed by atoms with Gasteiger partial charge in [-0.15, -0.1) is 0 Å². The number of piperidine rings is 1. The van der Waals surface area contributed by atoms with Crippen LogP contribution in [0.25, 0.3) is 11.1 Å². The van der Waals surface area contributed by atoms with Crippen LogP contribution < -0.4 is 0 Å². The van der Waals surface area contributed by atoms with Gasteiger partial charge in [-0.2, -0.15) is 0 Å². The molecule has 23 heavy (non-hydrogen) atoms. The Bertz CT molecular complexity index is 683. The fraction of sp³-hybridized carbons (Fsp3) is 0.455. The Kier molecular flexibility index (Phi) is 3.57. The van der Waals surface area contributed by atoms with Crippen LogP contribution in [0.2, 0.25) is 0 Å². The normalized spacial score (nSPS) is 26.5. The molecular formula is C22H27N. The number of benzene rings is 2. The molecule has 0 amide bonds. The van der Waals surface area contributed by atoms with Gasteiger partial charge in [0.15, 0.2) is 0 Å². The summed E-state index contributed by atoms with van der Waals surface area (Å²) in [5.41, 5.74) is 6.11. The van der Waals surface area contributed by atoms with Gasteiger partial charge in [0.05, 0.1) is 0 Å². The molecule has 0 spiro atoms. The molecule has 2 atom stereocenters. The molecule has 4 rings (SSSR count). The second kappa shape index (κ2) is 5.49. The lowest BCUT2D eigenvalue weighted by molar-refractivity contribution is 0.314. The van der Waals surface area contributed by atoms with Crippen LogP contribution in [0.15, 0.2) is 48.5 Å². The second-order valence-electron chi connectivity index (χ2n) is 7.74. The van der Waals surface area contributed by atoms with E-state index in [0.717, 1.165) is 5.92 Å². The summed E-state index contributed by atoms with van der Waals surface area (Å²) in [6.07, 6.45) is 1.39. The van der Waals surface area contributed by atoms with Crippen molar-refractivity contribution in [2.24, 2.45) is 5.92 Å². The van der Waals surface area contributed by atoms with E-state index in [1.165, 1.54) is 42.7 Å². The van der Waals surface area contributed by atoms with Gasteiger partial charge >= 0.3 is 0 Å². The summed E-state index contributed by atoms with van der Waals surface area (Å²) in [4.78, 5) is 2.60. The molecule has 0 aromatic heterocycles. The second-order valence-corrected chi connectivity index (χ2v) is 7.74. The van der Waals surface area contributed by atoms with Crippen molar-refractivity contribution in [3.8, 4) is 11.1 Å². The maximum absolute atomic E-state index is 2.60. The summed E-state index contributed by atoms with van der Waals surface area (Å²) in [7, 11) is 0. The zero-order valence-corrected chi connectivity index (χ0v) is 14.5. The van der Waals surface area contributed by atoms with E-state index >= 15 is 0 Å². The van der Waals surface area contributed by atoms with Gasteiger partial charge in [0.25, 0.3) is 0 Å². The van der Waals surface area contributed by atoms with Crippen molar-refractivity contribution in [1.29, 1.82) is 0 Å². The number of rotatable bonds is 4. The molecule has 0 radical (unpaired) electrons. The Morgan fingerprint density at radius 2 is 1.61 bits per heavy atom. The predicted octanol–water partition coefficient (Wildman–Crippen LogP) is 5.07. The molecule has 2 aromatic carbocycles. The Morgan fingerprint density at radius 1 is 1.00 bits per heavy atom. The van der Waals surface area contributed by atoms with Crippen LogP contribution in [0.3, 0.4) is 0 Å². The fourth-order valence-corrected chi connectivity index (χ4v) is 4.33. The average molecular weight is 305 g/mol. The zero-order valence-electron chi connectivity index (χ0n) is 14.5. The van der Waals surface area contributed by atoms with Gasteiger partial charge in [0, 0.05) is 18.5 Å². The SMILES string of the molecule is CCN1C[C@H]2C[C@@]2(c2ccc(-c3ccc(C(C)C)cc3)cc2)C1. The highest BCUT2D eigenvalue weighted by atomic mass is 15.2. The first kappa shape index (κ1) is 15.0. The Hall–Kier alpha value is -1.60. The van der Waals surface area contributed by atoms with Gasteiger partial charge < -0.3 is 4.90 Å². The van der Waals surface area contributed by atoms with Gasteiger partial charge in [-0.1, -0.05) is 69.3 Å². The number of fused-ring (bicyclic) bond motifs is 1. The van der Waals surface area contributed by atoms with E-state index in [9.17, 15) is 0 Å². The van der Waals surface area contributed by atoms with Gasteiger partial charge in [0.1, 0.15) is 0 Å². The lowest BCUT2D eigenvalue weighted by Crippen LogP contribution is -2.26. The van der Waals surface area contributed by atoms with E-state index in [1.807, 2.05) is 0 Å². The van der Waals surface area contributed by atoms with Crippen molar-refractivity contribution >= 4 is 0 Å². The van der Waals surface area contributed by atoms with Gasteiger partial charge in [-0.25, -0.2) is 0 Å². The van der Waals surface area contributed by atoms with Crippen molar-refractivity contribution < 1.29 is 0 Å². The Morgan fingerprint density at radius 3 is 2.13 bits per heavy atom. The number of hydrogen-bond donors (Lipinski definition) is 0. The smallest absolute Gasteiger partial charge is 0.0124 e. The standard InChI is InChI=1S/C22H27N/c1-4-23-14-21-13-22(21,15-23)20-11-9-19(10-12-20)18-7-5-17(6-8-18)16(2)3/h5-12,16,21H,4,13-15H2,1-3H3/t21-,22+/m1/s1. The summed E-state index contributed by atoms with van der Waals surface area (Å²) in [6.45, 7) is 10.5. The number of hydrogen-bond acceptors (Lipinski definition) is 1. The summed E-state index contributed by atoms with van der Waals surface area (Å²) >= 11 is 0. The predicted molar refractivity (Wildman–Crippen MR) is 97.9 cm³/mol. The van der Waals surface area contributed by atoms with Crippen molar-refractivity contribution in [3.05, 3.63) is 59.7 Å². The van der Waals surface area contributed by atoms with Crippen molar-refractivity contribution in [2.45, 2.75) is 38.5 Å². The molecule has 2 fully saturated rings. The highest BCUT2D eigenvalue weighted by molar-refractivity contribution is 5.64. The molecule has 2 aliphatic rings. The molecule has 0 unspecified atom stereocenters. The molecule has 1 saturated carbocycles. The van der Waals surface area contributed by atoms with Crippen molar-refractivity contribution in [1.82, 2.24) is 4.90 Å². The van der Waals surface area contributed by atoms with E-state index in [-0.39, 0.29) is 0 Å². The molecule has 2 aromatic rings. The lowest BCUT2D eigenvalue weighted by Gasteiger charge is -2.19. The first-order chi connectivity index (χ1) is 11.1. The van der Waals surface area contributed by atoms with Crippen LogP contribution in [-0.2, 0) is 5.41 Å². The lowest BCUT2D eigenvalue weighted by atomic mass is 9.92. The van der Waals surface area contributed by atoms with Crippen LogP contribution in [-0.4, -0.2) is 24.5 Å². The van der Waals surface area contributed by atoms with E-state index in [4.69, 9.17) is 0 Å². The summed E-state index contributed by atoms with van der Waals surface area (Å²) < 4.78 is 0. The molecule has 0 N–H and O–H groups in total. The third-order valence-electron chi connectivity index (χ3n) is 6.03. The third kappa shape index (κ3) is 2.52. The molecule has 0 bridgehead atoms. The minimum atomic E-state index is 0.482. The number of likely N-dealkylation sites (tertiary alicyclic amines) is 1. The first-order valence-corrected chi connectivity index (χ1v) is 9.05. The molecule has 120 valence electrons. The highest BCUT2D eigenvalue weighted by Crippen LogP contribution is 2.58. The molecule has 1 nitrogen and oxygen atoms in total. The molecule has 1 heteroatoms. The van der Waals surface area contributed by atoms with E-state index < -0.39 is 0 Å². The van der Waals surface area contributed by atoms with Gasteiger partial charge in [-0.3, -0.25) is 0 Å². The highest BCUT2D eigenvalue weighted by Gasteiger charge is 2.60. The molecular weight excluding hydrogens is 278 g/mol. The summed E-state index contributed by atoms with van der Waals surface area (Å²) in [5.74, 6) is 1.50. The molecule has 1 aliphatic carbocycles. The maximum Gasteiger partial charge on any atom is 0.0124 e. The monoisotopic (exact) mass is 305 g/mol. The van der Waals surface area contributed by atoms with Crippen LogP contribution in [0.4, 0.5) is 0 Å². The van der Waals surface area contributed by atoms with Gasteiger partial charge in [-0.05, 0) is 47.1 Å². The van der Waals surface area contributed by atoms with E-state index in [1.54, 1.807) is 5.56 Å². The van der Waals surface area contributed by atoms with Crippen molar-refractivity contribution in [3.63, 3.8) is 0 Å². The minimum Gasteiger partial charge on any atom is -0.302 e. The Labute approximate surface area is 140 Å². The van der Waals surface area contributed by atoms with Crippen LogP contribution in [0, 0.1) is 5.92 Å². The minimum absolute atomic E-state index is 0.482. The van der Waals surface area contributed by atoms with Crippen LogP contribution in [0.1, 0.15) is 44.2 Å². The number of nitrogens with zero attached hydrogens (tertiary/aromatic N) is 1. The largest absolute Gasteiger partial charge is 0.302 e. The molecule has 1 heterocycles. The summed E-state index contributed by atoms with van der Waals surface area (Å²) in [5, 5.41) is 0. The quantitative estimate of drug-likeness (QED) is 0.762. The number of likely N-dealkylation sites (N-methyl/N-ethyl adjacent to an activating group) is 1. The van der Waals surface area contributed by atoms with Crippen LogP contribution in [0.5, 0.6) is 0 Å². The first-order valence-electron chi connectivity index (χ1n) is 9.05. The molecule has 1 saturated heterocycles. The van der Waals surface area contributed by atoms with E-state index in [0.29, 0.717) is 11.3 Å². The maximum atomic E-state index is 2.60. The van der Waals surface area contributed by atoms with Gasteiger partial charge in [0.2, 0.25) is 0 Å². The average Bonchev–Trinajstić information content (AvgIpc) is 3.17. The zero-order chi connectivity index (χ0) is 16.0. The topological polar surface area (TPSA) is 3.24 Å². The summed E-state index contributed by atoms with van der Waals surface area (Å²) in [6, 6.07) is 18.4. The third-order valence-corrected chi connectivity index (χ3v) is 6.03.